The molecule has 0 atom stereocenters. The van der Waals surface area contributed by atoms with Crippen LogP contribution in [0.1, 0.15) is 13.8 Å². The van der Waals surface area contributed by atoms with Crippen molar-refractivity contribution in [1.82, 2.24) is 4.72 Å². The maximum atomic E-state index is 11.9. The van der Waals surface area contributed by atoms with Crippen LogP contribution < -0.4 is 9.46 Å². The van der Waals surface area contributed by atoms with Crippen LogP contribution in [0.2, 0.25) is 5.02 Å². The van der Waals surface area contributed by atoms with Gasteiger partial charge >= 0.3 is 0 Å². The van der Waals surface area contributed by atoms with E-state index in [-0.39, 0.29) is 10.8 Å². The van der Waals surface area contributed by atoms with Crippen LogP contribution in [0, 0.1) is 5.92 Å². The van der Waals surface area contributed by atoms with Crippen LogP contribution in [-0.4, -0.2) is 22.1 Å². The van der Waals surface area contributed by atoms with Gasteiger partial charge in [0.15, 0.2) is 0 Å². The smallest absolute Gasteiger partial charge is 0.240 e. The topological polar surface area (TPSA) is 55.4 Å². The van der Waals surface area contributed by atoms with Crippen LogP contribution in [0.3, 0.4) is 0 Å². The van der Waals surface area contributed by atoms with Crippen molar-refractivity contribution >= 4 is 21.6 Å². The lowest BCUT2D eigenvalue weighted by molar-refractivity contribution is 0.413. The molecule has 6 heteroatoms. The Hall–Kier alpha value is -0.780. The van der Waals surface area contributed by atoms with Gasteiger partial charge in [0.05, 0.1) is 17.0 Å². The van der Waals surface area contributed by atoms with Gasteiger partial charge in [0.1, 0.15) is 5.75 Å². The monoisotopic (exact) mass is 277 g/mol. The fourth-order valence-electron chi connectivity index (χ4n) is 1.17. The second-order valence-electron chi connectivity index (χ2n) is 4.04. The molecule has 0 heterocycles. The molecule has 0 saturated carbocycles. The first-order chi connectivity index (χ1) is 7.86. The molecule has 1 aromatic carbocycles. The predicted octanol–water partition coefficient (Wildman–Crippen LogP) is 2.28. The van der Waals surface area contributed by atoms with Gasteiger partial charge in [0, 0.05) is 12.6 Å². The zero-order valence-electron chi connectivity index (χ0n) is 10.0. The van der Waals surface area contributed by atoms with Gasteiger partial charge in [-0.05, 0) is 18.1 Å². The van der Waals surface area contributed by atoms with E-state index in [0.29, 0.717) is 17.3 Å². The van der Waals surface area contributed by atoms with Crippen LogP contribution in [-0.2, 0) is 10.0 Å². The maximum absolute atomic E-state index is 11.9. The lowest BCUT2D eigenvalue weighted by Gasteiger charge is -2.10. The molecular formula is C11H16ClNO3S. The van der Waals surface area contributed by atoms with E-state index in [2.05, 4.69) is 4.72 Å². The number of halogens is 1. The highest BCUT2D eigenvalue weighted by atomic mass is 35.5. The van der Waals surface area contributed by atoms with Crippen molar-refractivity contribution in [3.8, 4) is 5.75 Å². The van der Waals surface area contributed by atoms with E-state index in [1.807, 2.05) is 13.8 Å². The molecule has 0 amide bonds. The summed E-state index contributed by atoms with van der Waals surface area (Å²) >= 11 is 5.83. The first-order valence-corrected chi connectivity index (χ1v) is 7.06. The molecule has 0 aliphatic rings. The van der Waals surface area contributed by atoms with E-state index in [1.165, 1.54) is 25.3 Å². The molecule has 4 nitrogen and oxygen atoms in total. The fourth-order valence-corrected chi connectivity index (χ4v) is 2.59. The SMILES string of the molecule is COc1cc(S(=O)(=O)NCC(C)C)ccc1Cl. The van der Waals surface area contributed by atoms with E-state index in [9.17, 15) is 8.42 Å². The van der Waals surface area contributed by atoms with E-state index in [4.69, 9.17) is 16.3 Å². The number of benzene rings is 1. The third-order valence-electron chi connectivity index (χ3n) is 2.11. The standard InChI is InChI=1S/C11H16ClNO3S/c1-8(2)7-13-17(14,15)9-4-5-10(12)11(6-9)16-3/h4-6,8,13H,7H2,1-3H3. The average molecular weight is 278 g/mol. The zero-order chi connectivity index (χ0) is 13.1. The Kier molecular flexibility index (Phi) is 4.80. The number of ether oxygens (including phenoxy) is 1. The Morgan fingerprint density at radius 2 is 2.06 bits per heavy atom. The molecule has 0 aromatic heterocycles. The van der Waals surface area contributed by atoms with Gasteiger partial charge in [-0.2, -0.15) is 0 Å². The minimum Gasteiger partial charge on any atom is -0.495 e. The van der Waals surface area contributed by atoms with Crippen LogP contribution in [0.5, 0.6) is 5.75 Å². The molecule has 1 N–H and O–H groups in total. The molecule has 0 bridgehead atoms. The molecule has 1 rings (SSSR count). The molecule has 96 valence electrons. The van der Waals surface area contributed by atoms with Crippen LogP contribution in [0.4, 0.5) is 0 Å². The normalized spacial score (nSPS) is 11.8. The minimum atomic E-state index is -3.49. The summed E-state index contributed by atoms with van der Waals surface area (Å²) < 4.78 is 31.3. The second-order valence-corrected chi connectivity index (χ2v) is 6.22. The Balaban J connectivity index is 2.99. The van der Waals surface area contributed by atoms with E-state index < -0.39 is 10.0 Å². The third kappa shape index (κ3) is 3.87. The summed E-state index contributed by atoms with van der Waals surface area (Å²) in [6.07, 6.45) is 0. The highest BCUT2D eigenvalue weighted by molar-refractivity contribution is 7.89. The number of rotatable bonds is 5. The zero-order valence-corrected chi connectivity index (χ0v) is 11.6. The molecule has 0 spiro atoms. The second kappa shape index (κ2) is 5.71. The van der Waals surface area contributed by atoms with E-state index in [0.717, 1.165) is 0 Å². The number of hydrogen-bond acceptors (Lipinski definition) is 3. The maximum Gasteiger partial charge on any atom is 0.240 e. The number of hydrogen-bond donors (Lipinski definition) is 1. The minimum absolute atomic E-state index is 0.152. The van der Waals surface area contributed by atoms with Crippen molar-refractivity contribution in [2.75, 3.05) is 13.7 Å². The Bertz CT molecular complexity index is 485. The van der Waals surface area contributed by atoms with Crippen molar-refractivity contribution in [3.63, 3.8) is 0 Å². The van der Waals surface area contributed by atoms with Gasteiger partial charge in [0.25, 0.3) is 0 Å². The Morgan fingerprint density at radius 1 is 1.41 bits per heavy atom. The number of sulfonamides is 1. The summed E-state index contributed by atoms with van der Waals surface area (Å²) in [5.74, 6) is 0.595. The van der Waals surface area contributed by atoms with Gasteiger partial charge in [0.2, 0.25) is 10.0 Å². The largest absolute Gasteiger partial charge is 0.495 e. The third-order valence-corrected chi connectivity index (χ3v) is 3.85. The quantitative estimate of drug-likeness (QED) is 0.898. The number of nitrogens with one attached hydrogen (secondary N) is 1. The van der Waals surface area contributed by atoms with E-state index in [1.54, 1.807) is 0 Å². The first kappa shape index (κ1) is 14.3. The molecule has 17 heavy (non-hydrogen) atoms. The fraction of sp³-hybridized carbons (Fsp3) is 0.455. The van der Waals surface area contributed by atoms with Gasteiger partial charge in [-0.1, -0.05) is 25.4 Å². The van der Waals surface area contributed by atoms with E-state index >= 15 is 0 Å². The van der Waals surface area contributed by atoms with Crippen LogP contribution >= 0.6 is 11.6 Å². The van der Waals surface area contributed by atoms with Crippen LogP contribution in [0.25, 0.3) is 0 Å². The molecule has 0 radical (unpaired) electrons. The van der Waals surface area contributed by atoms with Crippen LogP contribution in [0.15, 0.2) is 23.1 Å². The lowest BCUT2D eigenvalue weighted by atomic mass is 10.2. The Labute approximate surface area is 107 Å². The summed E-state index contributed by atoms with van der Waals surface area (Å²) in [5.41, 5.74) is 0. The molecule has 1 aromatic rings. The van der Waals surface area contributed by atoms with Crippen molar-refractivity contribution in [1.29, 1.82) is 0 Å². The molecular weight excluding hydrogens is 262 g/mol. The molecule has 0 aliphatic carbocycles. The average Bonchev–Trinajstić information content (AvgIpc) is 2.27. The summed E-state index contributed by atoms with van der Waals surface area (Å²) in [4.78, 5) is 0.152. The van der Waals surface area contributed by atoms with Gasteiger partial charge in [-0.15, -0.1) is 0 Å². The van der Waals surface area contributed by atoms with Gasteiger partial charge in [-0.3, -0.25) is 0 Å². The molecule has 0 aliphatic heterocycles. The van der Waals surface area contributed by atoms with Crippen molar-refractivity contribution < 1.29 is 13.2 Å². The van der Waals surface area contributed by atoms with Crippen molar-refractivity contribution in [3.05, 3.63) is 23.2 Å². The predicted molar refractivity (Wildman–Crippen MR) is 68.0 cm³/mol. The summed E-state index contributed by atoms with van der Waals surface area (Å²) in [6, 6.07) is 4.36. The van der Waals surface area contributed by atoms with Gasteiger partial charge < -0.3 is 4.74 Å². The Morgan fingerprint density at radius 3 is 2.59 bits per heavy atom. The van der Waals surface area contributed by atoms with Gasteiger partial charge in [-0.25, -0.2) is 13.1 Å². The summed E-state index contributed by atoms with van der Waals surface area (Å²) in [5, 5.41) is 0.385. The molecule has 0 saturated heterocycles. The van der Waals surface area contributed by atoms with Crippen molar-refractivity contribution in [2.24, 2.45) is 5.92 Å². The highest BCUT2D eigenvalue weighted by Crippen LogP contribution is 2.26. The van der Waals surface area contributed by atoms with Crippen molar-refractivity contribution in [2.45, 2.75) is 18.7 Å². The first-order valence-electron chi connectivity index (χ1n) is 5.20. The lowest BCUT2D eigenvalue weighted by Crippen LogP contribution is -2.27. The highest BCUT2D eigenvalue weighted by Gasteiger charge is 2.16. The summed E-state index contributed by atoms with van der Waals surface area (Å²) in [7, 11) is -2.05. The number of methoxy groups -OCH3 is 1. The molecule has 0 fully saturated rings. The summed E-state index contributed by atoms with van der Waals surface area (Å²) in [6.45, 7) is 4.27. The molecule has 0 unspecified atom stereocenters.